The highest BCUT2D eigenvalue weighted by Gasteiger charge is 2.09. The SMILES string of the molecule is CCCOc1ccc(Br)cc1/C=C/C(=O)c1ccc(OC)c(OC)c1. The highest BCUT2D eigenvalue weighted by molar-refractivity contribution is 9.10. The Morgan fingerprint density at radius 2 is 1.76 bits per heavy atom. The number of hydrogen-bond donors (Lipinski definition) is 0. The number of methoxy groups -OCH3 is 2. The molecule has 0 heterocycles. The lowest BCUT2D eigenvalue weighted by atomic mass is 10.1. The summed E-state index contributed by atoms with van der Waals surface area (Å²) in [6, 6.07) is 10.8. The van der Waals surface area contributed by atoms with Crippen LogP contribution in [0.5, 0.6) is 17.2 Å². The van der Waals surface area contributed by atoms with Crippen molar-refractivity contribution in [2.45, 2.75) is 13.3 Å². The van der Waals surface area contributed by atoms with Gasteiger partial charge >= 0.3 is 0 Å². The molecule has 0 N–H and O–H groups in total. The van der Waals surface area contributed by atoms with E-state index in [1.807, 2.05) is 18.2 Å². The average molecular weight is 405 g/mol. The minimum atomic E-state index is -0.123. The van der Waals surface area contributed by atoms with Crippen molar-refractivity contribution >= 4 is 27.8 Å². The van der Waals surface area contributed by atoms with E-state index in [0.717, 1.165) is 22.2 Å². The number of carbonyl (C=O) groups excluding carboxylic acids is 1. The Morgan fingerprint density at radius 1 is 1.04 bits per heavy atom. The summed E-state index contributed by atoms with van der Waals surface area (Å²) in [5.74, 6) is 1.74. The number of allylic oxidation sites excluding steroid dienone is 1. The Morgan fingerprint density at radius 3 is 2.44 bits per heavy atom. The molecular formula is C20H21BrO4. The molecule has 132 valence electrons. The first kappa shape index (κ1) is 19.1. The maximum atomic E-state index is 12.5. The second-order valence-electron chi connectivity index (χ2n) is 5.30. The van der Waals surface area contributed by atoms with Crippen LogP contribution < -0.4 is 14.2 Å². The predicted octanol–water partition coefficient (Wildman–Crippen LogP) is 5.15. The Labute approximate surface area is 156 Å². The largest absolute Gasteiger partial charge is 0.493 e. The number of halogens is 1. The lowest BCUT2D eigenvalue weighted by molar-refractivity contribution is 0.104. The van der Waals surface area contributed by atoms with Crippen molar-refractivity contribution < 1.29 is 19.0 Å². The van der Waals surface area contributed by atoms with Gasteiger partial charge in [-0.1, -0.05) is 22.9 Å². The van der Waals surface area contributed by atoms with E-state index in [0.29, 0.717) is 23.7 Å². The Hall–Kier alpha value is -2.27. The topological polar surface area (TPSA) is 44.8 Å². The molecule has 0 amide bonds. The van der Waals surface area contributed by atoms with E-state index in [1.54, 1.807) is 38.5 Å². The standard InChI is InChI=1S/C20H21BrO4/c1-4-11-25-18-10-7-16(21)12-15(18)5-8-17(22)14-6-9-19(23-2)20(13-14)24-3/h5-10,12-13H,4,11H2,1-3H3/b8-5+. The van der Waals surface area contributed by atoms with Crippen LogP contribution in [0, 0.1) is 0 Å². The fourth-order valence-electron chi connectivity index (χ4n) is 2.24. The Balaban J connectivity index is 2.24. The van der Waals surface area contributed by atoms with Gasteiger partial charge in [-0.15, -0.1) is 0 Å². The summed E-state index contributed by atoms with van der Waals surface area (Å²) in [6.45, 7) is 2.68. The molecule has 0 bridgehead atoms. The zero-order valence-electron chi connectivity index (χ0n) is 14.5. The van der Waals surface area contributed by atoms with E-state index < -0.39 is 0 Å². The van der Waals surface area contributed by atoms with Crippen LogP contribution >= 0.6 is 15.9 Å². The quantitative estimate of drug-likeness (QED) is 0.450. The van der Waals surface area contributed by atoms with Gasteiger partial charge in [-0.2, -0.15) is 0 Å². The van der Waals surface area contributed by atoms with Crippen molar-refractivity contribution in [2.75, 3.05) is 20.8 Å². The van der Waals surface area contributed by atoms with Crippen LogP contribution in [-0.2, 0) is 0 Å². The van der Waals surface area contributed by atoms with E-state index in [9.17, 15) is 4.79 Å². The molecule has 2 aromatic rings. The van der Waals surface area contributed by atoms with Crippen LogP contribution in [0.1, 0.15) is 29.3 Å². The summed E-state index contributed by atoms with van der Waals surface area (Å²) < 4.78 is 17.1. The van der Waals surface area contributed by atoms with E-state index in [-0.39, 0.29) is 5.78 Å². The molecule has 0 saturated carbocycles. The molecule has 0 aliphatic heterocycles. The van der Waals surface area contributed by atoms with Gasteiger partial charge in [0.2, 0.25) is 0 Å². The fraction of sp³-hybridized carbons (Fsp3) is 0.250. The maximum absolute atomic E-state index is 12.5. The molecule has 0 aliphatic rings. The van der Waals surface area contributed by atoms with Gasteiger partial charge < -0.3 is 14.2 Å². The molecule has 2 aromatic carbocycles. The maximum Gasteiger partial charge on any atom is 0.185 e. The third-order valence-corrected chi connectivity index (χ3v) is 4.01. The third-order valence-electron chi connectivity index (χ3n) is 3.52. The van der Waals surface area contributed by atoms with Crippen molar-refractivity contribution in [1.82, 2.24) is 0 Å². The summed E-state index contributed by atoms with van der Waals surface area (Å²) in [5, 5.41) is 0. The molecule has 25 heavy (non-hydrogen) atoms. The van der Waals surface area contributed by atoms with Gasteiger partial charge in [0.05, 0.1) is 20.8 Å². The zero-order valence-corrected chi connectivity index (χ0v) is 16.1. The van der Waals surface area contributed by atoms with Crippen LogP contribution in [0.4, 0.5) is 0 Å². The van der Waals surface area contributed by atoms with Gasteiger partial charge in [-0.05, 0) is 55.0 Å². The smallest absolute Gasteiger partial charge is 0.185 e. The summed E-state index contributed by atoms with van der Waals surface area (Å²) in [4.78, 5) is 12.5. The number of carbonyl (C=O) groups is 1. The molecular weight excluding hydrogens is 384 g/mol. The number of hydrogen-bond acceptors (Lipinski definition) is 4. The molecule has 0 aromatic heterocycles. The van der Waals surface area contributed by atoms with Gasteiger partial charge in [-0.3, -0.25) is 4.79 Å². The molecule has 0 radical (unpaired) electrons. The van der Waals surface area contributed by atoms with Crippen LogP contribution in [0.3, 0.4) is 0 Å². The number of benzene rings is 2. The van der Waals surface area contributed by atoms with E-state index in [4.69, 9.17) is 14.2 Å². The van der Waals surface area contributed by atoms with Crippen molar-refractivity contribution in [3.63, 3.8) is 0 Å². The average Bonchev–Trinajstić information content (AvgIpc) is 2.64. The normalized spacial score (nSPS) is 10.7. The highest BCUT2D eigenvalue weighted by Crippen LogP contribution is 2.28. The van der Waals surface area contributed by atoms with Crippen molar-refractivity contribution in [3.05, 3.63) is 58.1 Å². The minimum Gasteiger partial charge on any atom is -0.493 e. The molecule has 2 rings (SSSR count). The summed E-state index contributed by atoms with van der Waals surface area (Å²) in [5.41, 5.74) is 1.37. The molecule has 0 aliphatic carbocycles. The summed E-state index contributed by atoms with van der Waals surface area (Å²) >= 11 is 3.45. The van der Waals surface area contributed by atoms with Gasteiger partial charge in [0.1, 0.15) is 5.75 Å². The molecule has 0 unspecified atom stereocenters. The van der Waals surface area contributed by atoms with Gasteiger partial charge in [0, 0.05) is 15.6 Å². The second kappa shape index (κ2) is 9.28. The van der Waals surface area contributed by atoms with Gasteiger partial charge in [-0.25, -0.2) is 0 Å². The van der Waals surface area contributed by atoms with Crippen molar-refractivity contribution in [3.8, 4) is 17.2 Å². The Kier molecular flexibility index (Phi) is 7.07. The van der Waals surface area contributed by atoms with E-state index in [2.05, 4.69) is 22.9 Å². The van der Waals surface area contributed by atoms with Crippen LogP contribution in [0.15, 0.2) is 46.9 Å². The van der Waals surface area contributed by atoms with Crippen LogP contribution in [0.2, 0.25) is 0 Å². The highest BCUT2D eigenvalue weighted by atomic mass is 79.9. The summed E-state index contributed by atoms with van der Waals surface area (Å²) in [7, 11) is 3.10. The third kappa shape index (κ3) is 5.10. The lowest BCUT2D eigenvalue weighted by Crippen LogP contribution is -1.98. The monoisotopic (exact) mass is 404 g/mol. The molecule has 4 nitrogen and oxygen atoms in total. The molecule has 0 saturated heterocycles. The lowest BCUT2D eigenvalue weighted by Gasteiger charge is -2.09. The number of ketones is 1. The summed E-state index contributed by atoms with van der Waals surface area (Å²) in [6.07, 6.45) is 4.21. The first-order valence-corrected chi connectivity index (χ1v) is 8.75. The fourth-order valence-corrected chi connectivity index (χ4v) is 2.62. The van der Waals surface area contributed by atoms with Crippen molar-refractivity contribution in [1.29, 1.82) is 0 Å². The molecule has 0 fully saturated rings. The zero-order chi connectivity index (χ0) is 18.2. The minimum absolute atomic E-state index is 0.123. The first-order chi connectivity index (χ1) is 12.1. The second-order valence-corrected chi connectivity index (χ2v) is 6.21. The molecule has 0 atom stereocenters. The van der Waals surface area contributed by atoms with Crippen LogP contribution in [-0.4, -0.2) is 26.6 Å². The molecule has 0 spiro atoms. The number of rotatable bonds is 8. The van der Waals surface area contributed by atoms with Gasteiger partial charge in [0.25, 0.3) is 0 Å². The Bertz CT molecular complexity index is 768. The van der Waals surface area contributed by atoms with Crippen molar-refractivity contribution in [2.24, 2.45) is 0 Å². The first-order valence-electron chi connectivity index (χ1n) is 7.95. The van der Waals surface area contributed by atoms with E-state index >= 15 is 0 Å². The van der Waals surface area contributed by atoms with E-state index in [1.165, 1.54) is 6.08 Å². The van der Waals surface area contributed by atoms with Gasteiger partial charge in [0.15, 0.2) is 17.3 Å². The predicted molar refractivity (Wildman–Crippen MR) is 103 cm³/mol. The van der Waals surface area contributed by atoms with Crippen LogP contribution in [0.25, 0.3) is 6.08 Å². The number of ether oxygens (including phenoxy) is 3. The molecule has 5 heteroatoms.